The van der Waals surface area contributed by atoms with Crippen LogP contribution >= 0.6 is 0 Å². The fourth-order valence-corrected chi connectivity index (χ4v) is 3.33. The van der Waals surface area contributed by atoms with E-state index in [1.807, 2.05) is 0 Å². The summed E-state index contributed by atoms with van der Waals surface area (Å²) in [6.07, 6.45) is 8.58. The highest BCUT2D eigenvalue weighted by molar-refractivity contribution is 5.70. The molecule has 1 aliphatic carbocycles. The molecule has 2 nitrogen and oxygen atoms in total. The zero-order chi connectivity index (χ0) is 12.4. The molecule has 2 heteroatoms. The van der Waals surface area contributed by atoms with Crippen LogP contribution in [0.1, 0.15) is 44.3 Å². The van der Waals surface area contributed by atoms with Gasteiger partial charge < -0.3 is 0 Å². The van der Waals surface area contributed by atoms with Crippen LogP contribution < -0.4 is 4.57 Å². The minimum absolute atomic E-state index is 0.958. The SMILES string of the molecule is Cc1[nH]c2ccccc2[n+]1CCC1CCCCC1. The molecule has 0 amide bonds. The zero-order valence-corrected chi connectivity index (χ0v) is 11.3. The Morgan fingerprint density at radius 1 is 1.17 bits per heavy atom. The van der Waals surface area contributed by atoms with E-state index in [4.69, 9.17) is 0 Å². The molecular formula is C16H23N2+. The molecule has 1 fully saturated rings. The van der Waals surface area contributed by atoms with Gasteiger partial charge in [0.1, 0.15) is 0 Å². The Labute approximate surface area is 109 Å². The van der Waals surface area contributed by atoms with E-state index in [-0.39, 0.29) is 0 Å². The first-order chi connectivity index (χ1) is 8.84. The second-order valence-corrected chi connectivity index (χ2v) is 5.67. The molecule has 0 unspecified atom stereocenters. The van der Waals surface area contributed by atoms with Crippen molar-refractivity contribution in [2.45, 2.75) is 52.0 Å². The number of rotatable bonds is 3. The molecule has 1 aromatic heterocycles. The molecule has 3 rings (SSSR count). The lowest BCUT2D eigenvalue weighted by Gasteiger charge is -2.20. The molecule has 1 aliphatic rings. The molecule has 1 N–H and O–H groups in total. The number of imidazole rings is 1. The van der Waals surface area contributed by atoms with E-state index in [1.165, 1.54) is 61.9 Å². The number of hydrogen-bond acceptors (Lipinski definition) is 0. The molecular weight excluding hydrogens is 220 g/mol. The number of nitrogens with one attached hydrogen (secondary N) is 1. The summed E-state index contributed by atoms with van der Waals surface area (Å²) in [7, 11) is 0. The fourth-order valence-electron chi connectivity index (χ4n) is 3.33. The minimum Gasteiger partial charge on any atom is -0.241 e. The van der Waals surface area contributed by atoms with Crippen LogP contribution in [0.3, 0.4) is 0 Å². The second kappa shape index (κ2) is 5.13. The Balaban J connectivity index is 1.75. The third kappa shape index (κ3) is 2.29. The van der Waals surface area contributed by atoms with Crippen LogP contribution in [0.5, 0.6) is 0 Å². The lowest BCUT2D eigenvalue weighted by atomic mass is 9.87. The van der Waals surface area contributed by atoms with Gasteiger partial charge in [0, 0.05) is 6.92 Å². The Hall–Kier alpha value is -1.31. The van der Waals surface area contributed by atoms with Gasteiger partial charge in [0.2, 0.25) is 0 Å². The number of fused-ring (bicyclic) bond motifs is 1. The van der Waals surface area contributed by atoms with Gasteiger partial charge in [-0.1, -0.05) is 44.2 Å². The Morgan fingerprint density at radius 2 is 1.94 bits per heavy atom. The highest BCUT2D eigenvalue weighted by Crippen LogP contribution is 2.26. The molecule has 0 aliphatic heterocycles. The smallest absolute Gasteiger partial charge is 0.241 e. The summed E-state index contributed by atoms with van der Waals surface area (Å²) >= 11 is 0. The summed E-state index contributed by atoms with van der Waals surface area (Å²) in [6.45, 7) is 3.35. The van der Waals surface area contributed by atoms with Gasteiger partial charge in [0.05, 0.1) is 6.54 Å². The van der Waals surface area contributed by atoms with Crippen LogP contribution in [-0.2, 0) is 6.54 Å². The summed E-state index contributed by atoms with van der Waals surface area (Å²) in [5.74, 6) is 2.24. The monoisotopic (exact) mass is 243 g/mol. The van der Waals surface area contributed by atoms with Gasteiger partial charge >= 0.3 is 0 Å². The summed E-state index contributed by atoms with van der Waals surface area (Å²) in [6, 6.07) is 8.62. The van der Waals surface area contributed by atoms with Crippen molar-refractivity contribution in [2.75, 3.05) is 0 Å². The van der Waals surface area contributed by atoms with E-state index in [9.17, 15) is 0 Å². The Bertz CT molecular complexity index is 521. The number of para-hydroxylation sites is 2. The Kier molecular flexibility index (Phi) is 3.35. The number of benzene rings is 1. The van der Waals surface area contributed by atoms with Crippen LogP contribution in [-0.4, -0.2) is 4.98 Å². The van der Waals surface area contributed by atoms with Gasteiger partial charge in [-0.25, -0.2) is 9.55 Å². The second-order valence-electron chi connectivity index (χ2n) is 5.67. The maximum atomic E-state index is 3.48. The predicted molar refractivity (Wildman–Crippen MR) is 74.4 cm³/mol. The maximum Gasteiger partial charge on any atom is 0.251 e. The van der Waals surface area contributed by atoms with Crippen molar-refractivity contribution in [1.82, 2.24) is 4.98 Å². The van der Waals surface area contributed by atoms with Crippen molar-refractivity contribution >= 4 is 11.0 Å². The van der Waals surface area contributed by atoms with Gasteiger partial charge in [-0.2, -0.15) is 0 Å². The summed E-state index contributed by atoms with van der Waals surface area (Å²) in [5.41, 5.74) is 2.62. The van der Waals surface area contributed by atoms with Crippen LogP contribution in [0.4, 0.5) is 0 Å². The standard InChI is InChI=1S/C16H22N2/c1-13-17-15-9-5-6-10-16(15)18(13)12-11-14-7-3-2-4-8-14/h5-6,9-10,14H,2-4,7-8,11-12H2,1H3/p+1. The first kappa shape index (κ1) is 11.8. The predicted octanol–water partition coefficient (Wildman–Crippen LogP) is 3.73. The van der Waals surface area contributed by atoms with E-state index in [0.717, 1.165) is 5.92 Å². The molecule has 0 saturated heterocycles. The number of aromatic nitrogens is 2. The molecule has 18 heavy (non-hydrogen) atoms. The third-order valence-corrected chi connectivity index (χ3v) is 4.40. The quantitative estimate of drug-likeness (QED) is 0.792. The van der Waals surface area contributed by atoms with Crippen molar-refractivity contribution in [3.63, 3.8) is 0 Å². The van der Waals surface area contributed by atoms with Crippen molar-refractivity contribution < 1.29 is 4.57 Å². The van der Waals surface area contributed by atoms with Gasteiger partial charge in [-0.3, -0.25) is 0 Å². The minimum atomic E-state index is 0.958. The van der Waals surface area contributed by atoms with Crippen molar-refractivity contribution in [2.24, 2.45) is 5.92 Å². The average Bonchev–Trinajstić information content (AvgIpc) is 2.73. The highest BCUT2D eigenvalue weighted by Gasteiger charge is 2.18. The normalized spacial score (nSPS) is 17.4. The molecule has 0 atom stereocenters. The maximum absolute atomic E-state index is 3.48. The Morgan fingerprint density at radius 3 is 2.78 bits per heavy atom. The van der Waals surface area contributed by atoms with Gasteiger partial charge in [0.15, 0.2) is 11.0 Å². The first-order valence-corrected chi connectivity index (χ1v) is 7.32. The number of aromatic amines is 1. The molecule has 1 heterocycles. The summed E-state index contributed by atoms with van der Waals surface area (Å²) in [4.78, 5) is 3.48. The van der Waals surface area contributed by atoms with E-state index >= 15 is 0 Å². The molecule has 96 valence electrons. The molecule has 0 radical (unpaired) electrons. The number of H-pyrrole nitrogens is 1. The van der Waals surface area contributed by atoms with Crippen LogP contribution in [0.15, 0.2) is 24.3 Å². The number of nitrogens with zero attached hydrogens (tertiary/aromatic N) is 1. The largest absolute Gasteiger partial charge is 0.251 e. The molecule has 1 saturated carbocycles. The fraction of sp³-hybridized carbons (Fsp3) is 0.562. The van der Waals surface area contributed by atoms with Gasteiger partial charge in [-0.05, 0) is 24.5 Å². The first-order valence-electron chi connectivity index (χ1n) is 7.32. The summed E-state index contributed by atoms with van der Waals surface area (Å²) < 4.78 is 2.45. The number of aryl methyl sites for hydroxylation is 2. The van der Waals surface area contributed by atoms with Crippen LogP contribution in [0, 0.1) is 12.8 Å². The van der Waals surface area contributed by atoms with Gasteiger partial charge in [0.25, 0.3) is 5.82 Å². The van der Waals surface area contributed by atoms with E-state index in [2.05, 4.69) is 40.7 Å². The van der Waals surface area contributed by atoms with E-state index < -0.39 is 0 Å². The van der Waals surface area contributed by atoms with Crippen LogP contribution in [0.25, 0.3) is 11.0 Å². The zero-order valence-electron chi connectivity index (χ0n) is 11.3. The average molecular weight is 243 g/mol. The highest BCUT2D eigenvalue weighted by atomic mass is 15.1. The van der Waals surface area contributed by atoms with Crippen LogP contribution in [0.2, 0.25) is 0 Å². The number of hydrogen-bond donors (Lipinski definition) is 1. The van der Waals surface area contributed by atoms with E-state index in [0.29, 0.717) is 0 Å². The third-order valence-electron chi connectivity index (χ3n) is 4.40. The molecule has 0 spiro atoms. The molecule has 2 aromatic rings. The van der Waals surface area contributed by atoms with Crippen molar-refractivity contribution in [3.05, 3.63) is 30.1 Å². The lowest BCUT2D eigenvalue weighted by molar-refractivity contribution is -0.678. The van der Waals surface area contributed by atoms with Crippen molar-refractivity contribution in [3.8, 4) is 0 Å². The molecule has 1 aromatic carbocycles. The summed E-state index contributed by atoms with van der Waals surface area (Å²) in [5, 5.41) is 0. The molecule has 0 bridgehead atoms. The topological polar surface area (TPSA) is 19.7 Å². The van der Waals surface area contributed by atoms with E-state index in [1.54, 1.807) is 0 Å². The lowest BCUT2D eigenvalue weighted by Crippen LogP contribution is -2.36. The van der Waals surface area contributed by atoms with Crippen molar-refractivity contribution in [1.29, 1.82) is 0 Å². The van der Waals surface area contributed by atoms with Gasteiger partial charge in [-0.15, -0.1) is 0 Å².